The molecule has 0 bridgehead atoms. The Morgan fingerprint density at radius 2 is 2.09 bits per heavy atom. The van der Waals surface area contributed by atoms with Gasteiger partial charge in [0.1, 0.15) is 0 Å². The lowest BCUT2D eigenvalue weighted by molar-refractivity contribution is -0.120. The number of piperidine rings is 1. The van der Waals surface area contributed by atoms with Gasteiger partial charge in [-0.3, -0.25) is 10.1 Å². The minimum atomic E-state index is 0. The molecule has 1 aliphatic heterocycles. The molecule has 1 aromatic heterocycles. The van der Waals surface area contributed by atoms with E-state index in [1.165, 1.54) is 0 Å². The van der Waals surface area contributed by atoms with Crippen molar-refractivity contribution in [3.05, 3.63) is 18.0 Å². The van der Waals surface area contributed by atoms with Gasteiger partial charge in [-0.05, 0) is 45.2 Å². The van der Waals surface area contributed by atoms with E-state index in [9.17, 15) is 4.79 Å². The first-order valence-corrected chi connectivity index (χ1v) is 7.81. The van der Waals surface area contributed by atoms with Crippen LogP contribution in [0.1, 0.15) is 43.8 Å². The summed E-state index contributed by atoms with van der Waals surface area (Å²) in [5.41, 5.74) is 0. The smallest absolute Gasteiger partial charge is 0.230 e. The fourth-order valence-corrected chi connectivity index (χ4v) is 3.01. The number of halogens is 1. The van der Waals surface area contributed by atoms with Gasteiger partial charge in [0, 0.05) is 18.9 Å². The molecule has 122 valence electrons. The summed E-state index contributed by atoms with van der Waals surface area (Å²) in [6.45, 7) is 2.03. The van der Waals surface area contributed by atoms with Gasteiger partial charge in [0.15, 0.2) is 5.82 Å². The van der Waals surface area contributed by atoms with E-state index in [0.29, 0.717) is 11.9 Å². The number of carbonyl (C=O) groups is 1. The maximum Gasteiger partial charge on any atom is 0.230 e. The van der Waals surface area contributed by atoms with Crippen LogP contribution in [0.2, 0.25) is 0 Å². The van der Waals surface area contributed by atoms with E-state index in [1.54, 1.807) is 4.68 Å². The number of allylic oxidation sites excluding steroid dienone is 2. The molecular weight excluding hydrogens is 302 g/mol. The Labute approximate surface area is 137 Å². The third-order valence-electron chi connectivity index (χ3n) is 4.36. The van der Waals surface area contributed by atoms with Crippen LogP contribution in [0.25, 0.3) is 0 Å². The largest absolute Gasteiger partial charge is 0.317 e. The van der Waals surface area contributed by atoms with Crippen LogP contribution in [0.15, 0.2) is 12.2 Å². The van der Waals surface area contributed by atoms with Crippen LogP contribution in [0.5, 0.6) is 0 Å². The maximum atomic E-state index is 12.3. The number of aryl methyl sites for hydroxylation is 1. The SMILES string of the molecule is Cl.Cn1nc(C2CCNCC2)nc1NC(=O)C1CC=CCC1. The predicted molar refractivity (Wildman–Crippen MR) is 88.2 cm³/mol. The van der Waals surface area contributed by atoms with Crippen LogP contribution in [0, 0.1) is 5.92 Å². The summed E-state index contributed by atoms with van der Waals surface area (Å²) in [6, 6.07) is 0. The molecule has 2 heterocycles. The molecule has 6 nitrogen and oxygen atoms in total. The molecule has 2 N–H and O–H groups in total. The predicted octanol–water partition coefficient (Wildman–Crippen LogP) is 2.00. The lowest BCUT2D eigenvalue weighted by Crippen LogP contribution is -2.27. The molecule has 0 saturated carbocycles. The Kier molecular flexibility index (Phi) is 5.97. The summed E-state index contributed by atoms with van der Waals surface area (Å²) < 4.78 is 1.69. The Bertz CT molecular complexity index is 536. The number of hydrogen-bond donors (Lipinski definition) is 2. The van der Waals surface area contributed by atoms with Crippen molar-refractivity contribution in [2.75, 3.05) is 18.4 Å². The lowest BCUT2D eigenvalue weighted by Gasteiger charge is -2.19. The second kappa shape index (κ2) is 7.74. The summed E-state index contributed by atoms with van der Waals surface area (Å²) in [6.07, 6.45) is 9.07. The normalized spacial score (nSPS) is 22.1. The van der Waals surface area contributed by atoms with Crippen molar-refractivity contribution in [1.29, 1.82) is 0 Å². The second-order valence-corrected chi connectivity index (χ2v) is 5.91. The fourth-order valence-electron chi connectivity index (χ4n) is 3.01. The van der Waals surface area contributed by atoms with E-state index >= 15 is 0 Å². The van der Waals surface area contributed by atoms with Gasteiger partial charge in [-0.1, -0.05) is 12.2 Å². The summed E-state index contributed by atoms with van der Waals surface area (Å²) in [4.78, 5) is 16.8. The molecule has 1 saturated heterocycles. The van der Waals surface area contributed by atoms with Crippen molar-refractivity contribution >= 4 is 24.3 Å². The molecule has 1 fully saturated rings. The zero-order valence-corrected chi connectivity index (χ0v) is 13.7. The molecule has 1 amide bonds. The van der Waals surface area contributed by atoms with Gasteiger partial charge >= 0.3 is 0 Å². The van der Waals surface area contributed by atoms with E-state index in [2.05, 4.69) is 32.9 Å². The zero-order valence-electron chi connectivity index (χ0n) is 12.9. The van der Waals surface area contributed by atoms with Crippen LogP contribution in [0.4, 0.5) is 5.95 Å². The topological polar surface area (TPSA) is 71.8 Å². The molecule has 0 spiro atoms. The summed E-state index contributed by atoms with van der Waals surface area (Å²) in [5, 5.41) is 10.8. The highest BCUT2D eigenvalue weighted by Gasteiger charge is 2.23. The van der Waals surface area contributed by atoms with Crippen LogP contribution in [-0.2, 0) is 11.8 Å². The van der Waals surface area contributed by atoms with Gasteiger partial charge in [-0.25, -0.2) is 4.68 Å². The summed E-state index contributed by atoms with van der Waals surface area (Å²) in [7, 11) is 1.84. The van der Waals surface area contributed by atoms with E-state index in [1.807, 2.05) is 7.05 Å². The standard InChI is InChI=1S/C15H23N5O.ClH/c1-20-15(18-14(21)12-5-3-2-4-6-12)17-13(19-20)11-7-9-16-10-8-11;/h2-3,11-12,16H,4-10H2,1H3,(H,17,18,19,21);1H. The quantitative estimate of drug-likeness (QED) is 0.834. The summed E-state index contributed by atoms with van der Waals surface area (Å²) >= 11 is 0. The average Bonchev–Trinajstić information content (AvgIpc) is 2.90. The number of rotatable bonds is 3. The molecule has 1 atom stereocenters. The molecule has 22 heavy (non-hydrogen) atoms. The molecule has 7 heteroatoms. The van der Waals surface area contributed by atoms with E-state index in [4.69, 9.17) is 0 Å². The van der Waals surface area contributed by atoms with E-state index in [-0.39, 0.29) is 24.2 Å². The zero-order chi connectivity index (χ0) is 14.7. The van der Waals surface area contributed by atoms with Gasteiger partial charge in [0.05, 0.1) is 0 Å². The molecule has 2 aliphatic rings. The second-order valence-electron chi connectivity index (χ2n) is 5.91. The average molecular weight is 326 g/mol. The van der Waals surface area contributed by atoms with Gasteiger partial charge in [-0.15, -0.1) is 12.4 Å². The van der Waals surface area contributed by atoms with Crippen LogP contribution >= 0.6 is 12.4 Å². The molecule has 1 aromatic rings. The third kappa shape index (κ3) is 3.87. The highest BCUT2D eigenvalue weighted by molar-refractivity contribution is 5.91. The van der Waals surface area contributed by atoms with Crippen molar-refractivity contribution in [3.8, 4) is 0 Å². The van der Waals surface area contributed by atoms with Gasteiger partial charge in [0.25, 0.3) is 0 Å². The molecular formula is C15H24ClN5O. The Balaban J connectivity index is 0.00000176. The van der Waals surface area contributed by atoms with Crippen molar-refractivity contribution in [1.82, 2.24) is 20.1 Å². The highest BCUT2D eigenvalue weighted by Crippen LogP contribution is 2.24. The van der Waals surface area contributed by atoms with Crippen LogP contribution < -0.4 is 10.6 Å². The number of amides is 1. The van der Waals surface area contributed by atoms with E-state index < -0.39 is 0 Å². The van der Waals surface area contributed by atoms with Crippen LogP contribution in [-0.4, -0.2) is 33.8 Å². The van der Waals surface area contributed by atoms with Crippen LogP contribution in [0.3, 0.4) is 0 Å². The minimum Gasteiger partial charge on any atom is -0.317 e. The third-order valence-corrected chi connectivity index (χ3v) is 4.36. The Hall–Kier alpha value is -1.40. The number of nitrogens with one attached hydrogen (secondary N) is 2. The molecule has 0 aromatic carbocycles. The first kappa shape index (κ1) is 17.0. The van der Waals surface area contributed by atoms with E-state index in [0.717, 1.165) is 51.0 Å². The number of aromatic nitrogens is 3. The highest BCUT2D eigenvalue weighted by atomic mass is 35.5. The monoisotopic (exact) mass is 325 g/mol. The van der Waals surface area contributed by atoms with Gasteiger partial charge in [0.2, 0.25) is 11.9 Å². The molecule has 3 rings (SSSR count). The van der Waals surface area contributed by atoms with Gasteiger partial charge < -0.3 is 5.32 Å². The fraction of sp³-hybridized carbons (Fsp3) is 0.667. The van der Waals surface area contributed by atoms with Crippen molar-refractivity contribution in [2.24, 2.45) is 13.0 Å². The number of hydrogen-bond acceptors (Lipinski definition) is 4. The van der Waals surface area contributed by atoms with Crippen molar-refractivity contribution < 1.29 is 4.79 Å². The number of nitrogens with zero attached hydrogens (tertiary/aromatic N) is 3. The molecule has 1 unspecified atom stereocenters. The number of anilines is 1. The maximum absolute atomic E-state index is 12.3. The Morgan fingerprint density at radius 3 is 2.77 bits per heavy atom. The number of carbonyl (C=O) groups excluding carboxylic acids is 1. The first-order valence-electron chi connectivity index (χ1n) is 7.81. The van der Waals surface area contributed by atoms with Crippen molar-refractivity contribution in [3.63, 3.8) is 0 Å². The Morgan fingerprint density at radius 1 is 1.32 bits per heavy atom. The first-order chi connectivity index (χ1) is 10.2. The van der Waals surface area contributed by atoms with Gasteiger partial charge in [-0.2, -0.15) is 10.1 Å². The lowest BCUT2D eigenvalue weighted by atomic mass is 9.94. The minimum absolute atomic E-state index is 0. The summed E-state index contributed by atoms with van der Waals surface area (Å²) in [5.74, 6) is 1.96. The molecule has 0 radical (unpaired) electrons. The van der Waals surface area contributed by atoms with Crippen molar-refractivity contribution in [2.45, 2.75) is 38.0 Å². The molecule has 1 aliphatic carbocycles.